The second kappa shape index (κ2) is 6.79. The van der Waals surface area contributed by atoms with E-state index in [0.29, 0.717) is 5.56 Å². The van der Waals surface area contributed by atoms with Crippen LogP contribution in [0.4, 0.5) is 0 Å². The van der Waals surface area contributed by atoms with Crippen molar-refractivity contribution in [2.24, 2.45) is 0 Å². The molecule has 3 rings (SSSR count). The van der Waals surface area contributed by atoms with Crippen molar-refractivity contribution >= 4 is 28.7 Å². The highest BCUT2D eigenvalue weighted by molar-refractivity contribution is 6.04. The molecule has 3 aromatic carbocycles. The molecule has 0 saturated carbocycles. The highest BCUT2D eigenvalue weighted by Gasteiger charge is 2.13. The molecule has 118 valence electrons. The minimum atomic E-state index is -1.19. The van der Waals surface area contributed by atoms with Crippen LogP contribution in [-0.4, -0.2) is 17.0 Å². The highest BCUT2D eigenvalue weighted by atomic mass is 16.4. The number of hydrogen-bond acceptors (Lipinski definition) is 2. The van der Waals surface area contributed by atoms with Gasteiger partial charge >= 0.3 is 5.97 Å². The molecule has 0 atom stereocenters. The van der Waals surface area contributed by atoms with Crippen LogP contribution < -0.4 is 5.32 Å². The third-order valence-corrected chi connectivity index (χ3v) is 3.64. The summed E-state index contributed by atoms with van der Waals surface area (Å²) in [5, 5.41) is 13.8. The Labute approximate surface area is 139 Å². The van der Waals surface area contributed by atoms with Crippen LogP contribution in [0.5, 0.6) is 0 Å². The maximum Gasteiger partial charge on any atom is 0.352 e. The molecule has 0 heterocycles. The van der Waals surface area contributed by atoms with E-state index in [9.17, 15) is 14.7 Å². The largest absolute Gasteiger partial charge is 0.477 e. The quantitative estimate of drug-likeness (QED) is 0.721. The second-order valence-corrected chi connectivity index (χ2v) is 5.25. The number of carbonyl (C=O) groups is 2. The van der Waals surface area contributed by atoms with Crippen LogP contribution in [0.15, 0.2) is 78.5 Å². The van der Waals surface area contributed by atoms with Gasteiger partial charge in [0, 0.05) is 5.56 Å². The molecule has 24 heavy (non-hydrogen) atoms. The molecule has 0 aliphatic rings. The summed E-state index contributed by atoms with van der Waals surface area (Å²) in [7, 11) is 0. The molecule has 0 fully saturated rings. The normalized spacial score (nSPS) is 11.2. The minimum absolute atomic E-state index is 0.166. The Morgan fingerprint density at radius 1 is 0.833 bits per heavy atom. The first-order chi connectivity index (χ1) is 11.6. The van der Waals surface area contributed by atoms with Crippen molar-refractivity contribution in [1.29, 1.82) is 0 Å². The fourth-order valence-corrected chi connectivity index (χ4v) is 2.47. The maximum atomic E-state index is 12.2. The van der Waals surface area contributed by atoms with Crippen LogP contribution in [0, 0.1) is 0 Å². The number of carboxylic acid groups (broad SMARTS) is 1. The number of hydrogen-bond donors (Lipinski definition) is 2. The maximum absolute atomic E-state index is 12.2. The summed E-state index contributed by atoms with van der Waals surface area (Å²) in [6.07, 6.45) is 1.48. The molecule has 3 aromatic rings. The lowest BCUT2D eigenvalue weighted by molar-refractivity contribution is -0.132. The van der Waals surface area contributed by atoms with Crippen molar-refractivity contribution in [3.05, 3.63) is 89.6 Å². The summed E-state index contributed by atoms with van der Waals surface area (Å²) >= 11 is 0. The number of aliphatic carboxylic acids is 1. The predicted octanol–water partition coefficient (Wildman–Crippen LogP) is 3.70. The number of amides is 1. The topological polar surface area (TPSA) is 66.4 Å². The Balaban J connectivity index is 1.97. The van der Waals surface area contributed by atoms with E-state index in [-0.39, 0.29) is 5.70 Å². The Morgan fingerprint density at radius 3 is 2.25 bits per heavy atom. The van der Waals surface area contributed by atoms with Gasteiger partial charge < -0.3 is 10.4 Å². The van der Waals surface area contributed by atoms with Crippen molar-refractivity contribution in [2.75, 3.05) is 0 Å². The summed E-state index contributed by atoms with van der Waals surface area (Å²) in [5.74, 6) is -1.64. The van der Waals surface area contributed by atoms with Crippen molar-refractivity contribution in [3.8, 4) is 0 Å². The van der Waals surface area contributed by atoms with E-state index >= 15 is 0 Å². The van der Waals surface area contributed by atoms with Crippen molar-refractivity contribution < 1.29 is 14.7 Å². The van der Waals surface area contributed by atoms with Crippen molar-refractivity contribution in [2.45, 2.75) is 0 Å². The van der Waals surface area contributed by atoms with Gasteiger partial charge in [-0.2, -0.15) is 0 Å². The van der Waals surface area contributed by atoms with E-state index in [1.807, 2.05) is 42.5 Å². The first-order valence-electron chi connectivity index (χ1n) is 7.44. The Bertz CT molecular complexity index is 925. The molecule has 0 aliphatic carbocycles. The fraction of sp³-hybridized carbons (Fsp3) is 0. The van der Waals surface area contributed by atoms with Crippen LogP contribution in [0.1, 0.15) is 15.9 Å². The molecular weight excluding hydrogens is 302 g/mol. The van der Waals surface area contributed by atoms with Crippen LogP contribution in [0.25, 0.3) is 16.8 Å². The standard InChI is InChI=1S/C20H15NO3/c22-19(15-8-2-1-3-9-15)21-18(20(23)24)13-16-11-6-10-14-7-4-5-12-17(14)16/h1-13H,(H,21,22)(H,23,24)/b18-13+. The van der Waals surface area contributed by atoms with Gasteiger partial charge in [0.05, 0.1) is 0 Å². The van der Waals surface area contributed by atoms with Crippen molar-refractivity contribution in [3.63, 3.8) is 0 Å². The predicted molar refractivity (Wildman–Crippen MR) is 93.5 cm³/mol. The first-order valence-corrected chi connectivity index (χ1v) is 7.44. The second-order valence-electron chi connectivity index (χ2n) is 5.25. The van der Waals surface area contributed by atoms with Crippen LogP contribution in [-0.2, 0) is 4.79 Å². The number of rotatable bonds is 4. The summed E-state index contributed by atoms with van der Waals surface area (Å²) in [6, 6.07) is 21.8. The van der Waals surface area contributed by atoms with Gasteiger partial charge in [0.2, 0.25) is 0 Å². The lowest BCUT2D eigenvalue weighted by atomic mass is 10.0. The Kier molecular flexibility index (Phi) is 4.38. The van der Waals surface area contributed by atoms with Crippen molar-refractivity contribution in [1.82, 2.24) is 5.32 Å². The molecule has 2 N–H and O–H groups in total. The van der Waals surface area contributed by atoms with Gasteiger partial charge in [-0.25, -0.2) is 4.79 Å². The van der Waals surface area contributed by atoms with E-state index in [4.69, 9.17) is 0 Å². The third kappa shape index (κ3) is 3.33. The monoisotopic (exact) mass is 317 g/mol. The molecule has 0 radical (unpaired) electrons. The molecule has 4 heteroatoms. The number of nitrogens with one attached hydrogen (secondary N) is 1. The average molecular weight is 317 g/mol. The number of fused-ring (bicyclic) bond motifs is 1. The number of benzene rings is 3. The fourth-order valence-electron chi connectivity index (χ4n) is 2.47. The highest BCUT2D eigenvalue weighted by Crippen LogP contribution is 2.20. The Hall–Kier alpha value is -3.40. The van der Waals surface area contributed by atoms with E-state index in [1.165, 1.54) is 6.08 Å². The van der Waals surface area contributed by atoms with E-state index in [1.54, 1.807) is 30.3 Å². The zero-order valence-electron chi connectivity index (χ0n) is 12.8. The summed E-state index contributed by atoms with van der Waals surface area (Å²) < 4.78 is 0. The molecular formula is C20H15NO3. The minimum Gasteiger partial charge on any atom is -0.477 e. The van der Waals surface area contributed by atoms with E-state index < -0.39 is 11.9 Å². The van der Waals surface area contributed by atoms with Gasteiger partial charge in [0.15, 0.2) is 0 Å². The summed E-state index contributed by atoms with van der Waals surface area (Å²) in [5.41, 5.74) is 0.974. The molecule has 0 bridgehead atoms. The molecule has 0 aliphatic heterocycles. The summed E-state index contributed by atoms with van der Waals surface area (Å²) in [6.45, 7) is 0. The number of carbonyl (C=O) groups excluding carboxylic acids is 1. The third-order valence-electron chi connectivity index (χ3n) is 3.64. The summed E-state index contributed by atoms with van der Waals surface area (Å²) in [4.78, 5) is 23.7. The van der Waals surface area contributed by atoms with Gasteiger partial charge in [-0.1, -0.05) is 60.7 Å². The number of carboxylic acids is 1. The molecule has 0 aromatic heterocycles. The molecule has 4 nitrogen and oxygen atoms in total. The van der Waals surface area contributed by atoms with Gasteiger partial charge in [-0.05, 0) is 34.5 Å². The lowest BCUT2D eigenvalue weighted by Gasteiger charge is -2.08. The van der Waals surface area contributed by atoms with E-state index in [0.717, 1.165) is 16.3 Å². The molecule has 0 saturated heterocycles. The van der Waals surface area contributed by atoms with E-state index in [2.05, 4.69) is 5.32 Å². The average Bonchev–Trinajstić information content (AvgIpc) is 2.62. The van der Waals surface area contributed by atoms with Crippen LogP contribution in [0.3, 0.4) is 0 Å². The smallest absolute Gasteiger partial charge is 0.352 e. The zero-order valence-corrected chi connectivity index (χ0v) is 12.8. The van der Waals surface area contributed by atoms with Gasteiger partial charge in [0.1, 0.15) is 5.70 Å². The zero-order chi connectivity index (χ0) is 16.9. The Morgan fingerprint density at radius 2 is 1.50 bits per heavy atom. The molecule has 0 unspecified atom stereocenters. The van der Waals surface area contributed by atoms with Crippen LogP contribution >= 0.6 is 0 Å². The van der Waals surface area contributed by atoms with Gasteiger partial charge in [0.25, 0.3) is 5.91 Å². The first kappa shape index (κ1) is 15.5. The van der Waals surface area contributed by atoms with Gasteiger partial charge in [-0.3, -0.25) is 4.79 Å². The van der Waals surface area contributed by atoms with Gasteiger partial charge in [-0.15, -0.1) is 0 Å². The van der Waals surface area contributed by atoms with Crippen LogP contribution in [0.2, 0.25) is 0 Å². The SMILES string of the molecule is O=C(O)/C(=C\c1cccc2ccccc12)NC(=O)c1ccccc1. The molecule has 0 spiro atoms. The molecule has 1 amide bonds. The lowest BCUT2D eigenvalue weighted by Crippen LogP contribution is -2.27.